The number of hydrogen-bond donors (Lipinski definition) is 0. The number of rotatable bonds is 6. The molecule has 262 valence electrons. The Bertz CT molecular complexity index is 3470. The maximum absolute atomic E-state index is 9.71. The summed E-state index contributed by atoms with van der Waals surface area (Å²) in [4.78, 5) is 1.90. The Balaban J connectivity index is 1.15. The van der Waals surface area contributed by atoms with Crippen LogP contribution in [0.3, 0.4) is 0 Å². The number of hydrogen-bond acceptors (Lipinski definition) is 2. The zero-order valence-corrected chi connectivity index (χ0v) is 30.3. The molecule has 0 atom stereocenters. The van der Waals surface area contributed by atoms with Crippen molar-refractivity contribution in [3.63, 3.8) is 0 Å². The Morgan fingerprint density at radius 2 is 0.911 bits per heavy atom. The number of nitrogens with zero attached hydrogens (tertiary/aromatic N) is 1. The molecule has 0 radical (unpaired) electrons. The Hall–Kier alpha value is -7.42. The molecule has 0 saturated carbocycles. The highest BCUT2D eigenvalue weighted by atomic mass is 16.3. The quantitative estimate of drug-likeness (QED) is 0.170. The molecule has 10 aromatic carbocycles. The van der Waals surface area contributed by atoms with E-state index in [9.17, 15) is 5.48 Å². The van der Waals surface area contributed by atoms with Crippen molar-refractivity contribution in [2.75, 3.05) is 4.90 Å². The molecule has 56 heavy (non-hydrogen) atoms. The molecule has 0 saturated heterocycles. The van der Waals surface area contributed by atoms with E-state index >= 15 is 0 Å². The second kappa shape index (κ2) is 13.2. The van der Waals surface area contributed by atoms with Crippen LogP contribution in [0, 0.1) is 0 Å². The first-order valence-electron chi connectivity index (χ1n) is 20.8. The van der Waals surface area contributed by atoms with Crippen LogP contribution in [0.4, 0.5) is 17.1 Å². The first-order valence-corrected chi connectivity index (χ1v) is 18.8. The lowest BCUT2D eigenvalue weighted by Crippen LogP contribution is -2.11. The molecule has 0 fully saturated rings. The summed E-state index contributed by atoms with van der Waals surface area (Å²) in [6, 6.07) is 62.7. The lowest BCUT2D eigenvalue weighted by molar-refractivity contribution is 0.672. The van der Waals surface area contributed by atoms with Crippen molar-refractivity contribution in [3.05, 3.63) is 212 Å². The molecule has 0 aliphatic heterocycles. The molecular weight excluding hydrogens is 679 g/mol. The summed E-state index contributed by atoms with van der Waals surface area (Å²) in [6.45, 7) is 0. The molecule has 0 amide bonds. The molecule has 1 heterocycles. The van der Waals surface area contributed by atoms with Crippen molar-refractivity contribution in [3.8, 4) is 33.4 Å². The van der Waals surface area contributed by atoms with Gasteiger partial charge in [0.05, 0.1) is 11.2 Å². The molecule has 2 heteroatoms. The number of benzene rings is 10. The van der Waals surface area contributed by atoms with Crippen molar-refractivity contribution in [1.29, 1.82) is 0 Å². The second-order valence-electron chi connectivity index (χ2n) is 14.2. The van der Waals surface area contributed by atoms with Gasteiger partial charge in [-0.05, 0) is 109 Å². The van der Waals surface area contributed by atoms with Crippen molar-refractivity contribution in [2.45, 2.75) is 0 Å². The van der Waals surface area contributed by atoms with E-state index in [1.807, 2.05) is 120 Å². The molecule has 1 aromatic heterocycles. The van der Waals surface area contributed by atoms with Crippen LogP contribution in [0.25, 0.3) is 87.6 Å². The summed E-state index contributed by atoms with van der Waals surface area (Å²) in [7, 11) is 0. The zero-order valence-electron chi connectivity index (χ0n) is 34.3. The molecule has 2 nitrogen and oxygen atoms in total. The van der Waals surface area contributed by atoms with Gasteiger partial charge < -0.3 is 9.32 Å². The van der Waals surface area contributed by atoms with Crippen LogP contribution < -0.4 is 4.90 Å². The molecule has 0 N–H and O–H groups in total. The molecule has 0 bridgehead atoms. The second-order valence-corrected chi connectivity index (χ2v) is 14.2. The van der Waals surface area contributed by atoms with Crippen LogP contribution in [-0.4, -0.2) is 0 Å². The molecule has 0 spiro atoms. The van der Waals surface area contributed by atoms with E-state index in [-0.39, 0.29) is 35.4 Å². The van der Waals surface area contributed by atoms with Gasteiger partial charge >= 0.3 is 0 Å². The van der Waals surface area contributed by atoms with Crippen LogP contribution in [0.1, 0.15) is 5.48 Å². The fraction of sp³-hybridized carbons (Fsp3) is 0. The molecule has 11 aromatic rings. The summed E-state index contributed by atoms with van der Waals surface area (Å²) in [5, 5.41) is 8.31. The minimum Gasteiger partial charge on any atom is -0.455 e. The van der Waals surface area contributed by atoms with Crippen LogP contribution in [0.2, 0.25) is 0 Å². The largest absolute Gasteiger partial charge is 0.455 e. The highest BCUT2D eigenvalue weighted by Crippen LogP contribution is 2.46. The van der Waals surface area contributed by atoms with Gasteiger partial charge in [-0.15, -0.1) is 0 Å². The van der Waals surface area contributed by atoms with Gasteiger partial charge in [0.2, 0.25) is 0 Å². The zero-order chi connectivity index (χ0) is 40.5. The third-order valence-corrected chi connectivity index (χ3v) is 10.9. The van der Waals surface area contributed by atoms with Gasteiger partial charge in [-0.2, -0.15) is 0 Å². The minimum absolute atomic E-state index is 0.103. The molecular formula is C54H35NO. The average Bonchev–Trinajstić information content (AvgIpc) is 3.68. The normalized spacial score (nSPS) is 12.6. The van der Waals surface area contributed by atoms with Gasteiger partial charge in [-0.1, -0.05) is 158 Å². The Morgan fingerprint density at radius 3 is 1.62 bits per heavy atom. The van der Waals surface area contributed by atoms with Crippen molar-refractivity contribution < 1.29 is 9.90 Å². The first-order chi connectivity index (χ1) is 29.4. The summed E-state index contributed by atoms with van der Waals surface area (Å²) >= 11 is 0. The summed E-state index contributed by atoms with van der Waals surface area (Å²) < 4.78 is 44.9. The maximum Gasteiger partial charge on any atom is 0.143 e. The van der Waals surface area contributed by atoms with Gasteiger partial charge in [0, 0.05) is 33.1 Å². The number of furan rings is 1. The first kappa shape index (κ1) is 28.1. The fourth-order valence-corrected chi connectivity index (χ4v) is 8.13. The monoisotopic (exact) mass is 717 g/mol. The SMILES string of the molecule is [2H]c1c([2H])c(N(c2ccc(-c3ccc4ccccc4c3)cc2)c2ccccc2-c2cc3c4ccccc4oc3c3ccccc23)c([2H])c([2H])c1-c1ccc2ccccc2c1. The minimum atomic E-state index is -0.131. The van der Waals surface area contributed by atoms with Gasteiger partial charge in [-0.3, -0.25) is 0 Å². The summed E-state index contributed by atoms with van der Waals surface area (Å²) in [5.41, 5.74) is 8.03. The number of para-hydroxylation sites is 2. The Labute approximate surface area is 330 Å². The Morgan fingerprint density at radius 1 is 0.357 bits per heavy atom. The molecule has 11 rings (SSSR count). The van der Waals surface area contributed by atoms with Crippen molar-refractivity contribution in [2.24, 2.45) is 0 Å². The van der Waals surface area contributed by atoms with Gasteiger partial charge in [0.1, 0.15) is 11.2 Å². The third kappa shape index (κ3) is 5.42. The summed E-state index contributed by atoms with van der Waals surface area (Å²) in [6.07, 6.45) is 0. The average molecular weight is 718 g/mol. The van der Waals surface area contributed by atoms with Crippen LogP contribution in [-0.2, 0) is 0 Å². The Kier molecular flexibility index (Phi) is 6.60. The molecule has 0 unspecified atom stereocenters. The topological polar surface area (TPSA) is 16.4 Å². The van der Waals surface area contributed by atoms with E-state index in [0.717, 1.165) is 71.1 Å². The van der Waals surface area contributed by atoms with Crippen LogP contribution in [0.5, 0.6) is 0 Å². The van der Waals surface area contributed by atoms with Crippen LogP contribution in [0.15, 0.2) is 217 Å². The van der Waals surface area contributed by atoms with E-state index in [2.05, 4.69) is 72.8 Å². The van der Waals surface area contributed by atoms with Crippen LogP contribution >= 0.6 is 0 Å². The number of fused-ring (bicyclic) bond motifs is 7. The molecule has 0 aliphatic carbocycles. The van der Waals surface area contributed by atoms with Crippen molar-refractivity contribution >= 4 is 71.3 Å². The predicted octanol–water partition coefficient (Wildman–Crippen LogP) is 15.5. The van der Waals surface area contributed by atoms with E-state index in [1.54, 1.807) is 0 Å². The fourth-order valence-electron chi connectivity index (χ4n) is 8.13. The standard InChI is InChI=1S/C54H35NO/c1-3-13-40-33-42(23-21-36(40)11-1)38-25-29-44(30-26-38)55(45-31-27-39(28-32-45)43-24-22-37-12-2-4-14-41(37)34-43)52-19-9-7-16-47(52)50-35-51-48-17-8-10-20-53(48)56-54(51)49-18-6-5-15-46(49)50/h1-35H/i25D,26D,29D,30D. The van der Waals surface area contributed by atoms with E-state index in [1.165, 1.54) is 5.39 Å². The van der Waals surface area contributed by atoms with Crippen molar-refractivity contribution in [1.82, 2.24) is 0 Å². The predicted molar refractivity (Wildman–Crippen MR) is 237 cm³/mol. The lowest BCUT2D eigenvalue weighted by Gasteiger charge is -2.28. The number of anilines is 3. The lowest BCUT2D eigenvalue weighted by atomic mass is 9.93. The van der Waals surface area contributed by atoms with Gasteiger partial charge in [-0.25, -0.2) is 0 Å². The highest BCUT2D eigenvalue weighted by molar-refractivity contribution is 6.19. The van der Waals surface area contributed by atoms with E-state index in [0.29, 0.717) is 16.9 Å². The smallest absolute Gasteiger partial charge is 0.143 e. The van der Waals surface area contributed by atoms with E-state index in [4.69, 9.17) is 4.42 Å². The molecule has 0 aliphatic rings. The van der Waals surface area contributed by atoms with Gasteiger partial charge in [0.25, 0.3) is 0 Å². The third-order valence-electron chi connectivity index (χ3n) is 10.9. The highest BCUT2D eigenvalue weighted by Gasteiger charge is 2.21. The maximum atomic E-state index is 9.71. The van der Waals surface area contributed by atoms with Gasteiger partial charge in [0.15, 0.2) is 0 Å². The summed E-state index contributed by atoms with van der Waals surface area (Å²) in [5.74, 6) is 0. The van der Waals surface area contributed by atoms with E-state index < -0.39 is 0 Å².